The molecule has 1 amide bonds. The molecule has 0 spiro atoms. The number of carbonyl (C=O) groups excluding carboxylic acids is 1. The molecule has 25 heavy (non-hydrogen) atoms. The normalized spacial score (nSPS) is 10.3. The van der Waals surface area contributed by atoms with Crippen molar-refractivity contribution < 1.29 is 9.53 Å². The van der Waals surface area contributed by atoms with Crippen LogP contribution in [0.3, 0.4) is 0 Å². The van der Waals surface area contributed by atoms with E-state index >= 15 is 0 Å². The Labute approximate surface area is 145 Å². The van der Waals surface area contributed by atoms with Crippen LogP contribution >= 0.6 is 0 Å². The van der Waals surface area contributed by atoms with Crippen LogP contribution in [0.4, 0.5) is 5.69 Å². The highest BCUT2D eigenvalue weighted by atomic mass is 16.5. The van der Waals surface area contributed by atoms with Gasteiger partial charge in [-0.1, -0.05) is 30.3 Å². The number of pyridine rings is 1. The Morgan fingerprint density at radius 2 is 1.72 bits per heavy atom. The van der Waals surface area contributed by atoms with E-state index in [0.29, 0.717) is 17.8 Å². The maximum atomic E-state index is 12.4. The molecule has 1 N–H and O–H groups in total. The molecule has 0 saturated carbocycles. The van der Waals surface area contributed by atoms with Crippen molar-refractivity contribution in [1.82, 2.24) is 4.57 Å². The number of nitrogens with zero attached hydrogens (tertiary/aromatic N) is 1. The van der Waals surface area contributed by atoms with E-state index in [2.05, 4.69) is 5.32 Å². The van der Waals surface area contributed by atoms with Crippen molar-refractivity contribution >= 4 is 11.6 Å². The first-order valence-corrected chi connectivity index (χ1v) is 7.85. The minimum atomic E-state index is -0.271. The lowest BCUT2D eigenvalue weighted by Crippen LogP contribution is -2.22. The molecule has 0 aliphatic rings. The molecule has 0 radical (unpaired) electrons. The minimum absolute atomic E-state index is 0.148. The fourth-order valence-corrected chi connectivity index (χ4v) is 2.45. The van der Waals surface area contributed by atoms with Crippen molar-refractivity contribution in [3.63, 3.8) is 0 Å². The van der Waals surface area contributed by atoms with Gasteiger partial charge in [-0.15, -0.1) is 0 Å². The molecule has 0 aliphatic carbocycles. The largest absolute Gasteiger partial charge is 0.497 e. The zero-order valence-electron chi connectivity index (χ0n) is 13.8. The van der Waals surface area contributed by atoms with Gasteiger partial charge < -0.3 is 14.6 Å². The Bertz CT molecular complexity index is 916. The zero-order chi connectivity index (χ0) is 17.6. The quantitative estimate of drug-likeness (QED) is 0.780. The number of nitrogens with one attached hydrogen (secondary N) is 1. The lowest BCUT2D eigenvalue weighted by molar-refractivity contribution is 0.102. The molecule has 0 fully saturated rings. The molecular formula is C20H18N2O3. The van der Waals surface area contributed by atoms with E-state index in [1.807, 2.05) is 30.3 Å². The SMILES string of the molecule is COc1ccc(NC(=O)c2ccc(=O)n(Cc3ccccc3)c2)cc1. The molecule has 126 valence electrons. The van der Waals surface area contributed by atoms with E-state index in [4.69, 9.17) is 4.74 Å². The van der Waals surface area contributed by atoms with Gasteiger partial charge in [0.2, 0.25) is 0 Å². The fraction of sp³-hybridized carbons (Fsp3) is 0.100. The van der Waals surface area contributed by atoms with Crippen LogP contribution in [-0.4, -0.2) is 17.6 Å². The first-order valence-electron chi connectivity index (χ1n) is 7.85. The third-order valence-corrected chi connectivity index (χ3v) is 3.79. The summed E-state index contributed by atoms with van der Waals surface area (Å²) >= 11 is 0. The molecule has 5 heteroatoms. The summed E-state index contributed by atoms with van der Waals surface area (Å²) in [5.74, 6) is 0.446. The molecule has 0 bridgehead atoms. The van der Waals surface area contributed by atoms with Crippen LogP contribution in [-0.2, 0) is 6.54 Å². The molecule has 2 aromatic carbocycles. The lowest BCUT2D eigenvalue weighted by Gasteiger charge is -2.09. The zero-order valence-corrected chi connectivity index (χ0v) is 13.8. The molecule has 0 atom stereocenters. The van der Waals surface area contributed by atoms with E-state index in [0.717, 1.165) is 11.3 Å². The number of anilines is 1. The average molecular weight is 334 g/mol. The predicted molar refractivity (Wildman–Crippen MR) is 97.2 cm³/mol. The highest BCUT2D eigenvalue weighted by Gasteiger charge is 2.09. The summed E-state index contributed by atoms with van der Waals surface area (Å²) < 4.78 is 6.62. The molecular weight excluding hydrogens is 316 g/mol. The van der Waals surface area contributed by atoms with Crippen molar-refractivity contribution in [1.29, 1.82) is 0 Å². The van der Waals surface area contributed by atoms with Crippen LogP contribution in [0.25, 0.3) is 0 Å². The van der Waals surface area contributed by atoms with Gasteiger partial charge in [-0.2, -0.15) is 0 Å². The van der Waals surface area contributed by atoms with E-state index in [1.54, 1.807) is 37.6 Å². The molecule has 5 nitrogen and oxygen atoms in total. The maximum absolute atomic E-state index is 12.4. The molecule has 1 heterocycles. The fourth-order valence-electron chi connectivity index (χ4n) is 2.45. The summed E-state index contributed by atoms with van der Waals surface area (Å²) in [6.07, 6.45) is 1.58. The molecule has 0 unspecified atom stereocenters. The number of aromatic nitrogens is 1. The average Bonchev–Trinajstić information content (AvgIpc) is 2.65. The van der Waals surface area contributed by atoms with Gasteiger partial charge in [0, 0.05) is 18.0 Å². The summed E-state index contributed by atoms with van der Waals surface area (Å²) in [6.45, 7) is 0.420. The Balaban J connectivity index is 1.78. The number of hydrogen-bond donors (Lipinski definition) is 1. The van der Waals surface area contributed by atoms with Gasteiger partial charge >= 0.3 is 0 Å². The first-order chi connectivity index (χ1) is 12.2. The standard InChI is InChI=1S/C20H18N2O3/c1-25-18-10-8-17(9-11-18)21-20(24)16-7-12-19(23)22(14-16)13-15-5-3-2-4-6-15/h2-12,14H,13H2,1H3,(H,21,24). The molecule has 1 aromatic heterocycles. The maximum Gasteiger partial charge on any atom is 0.257 e. The smallest absolute Gasteiger partial charge is 0.257 e. The number of benzene rings is 2. The van der Waals surface area contributed by atoms with Crippen LogP contribution in [0.1, 0.15) is 15.9 Å². The number of methoxy groups -OCH3 is 1. The number of carbonyl (C=O) groups is 1. The second kappa shape index (κ2) is 7.49. The Hall–Kier alpha value is -3.34. The van der Waals surface area contributed by atoms with Crippen LogP contribution < -0.4 is 15.6 Å². The second-order valence-electron chi connectivity index (χ2n) is 5.55. The van der Waals surface area contributed by atoms with Crippen LogP contribution in [0.15, 0.2) is 77.7 Å². The summed E-state index contributed by atoms with van der Waals surface area (Å²) in [6, 6.07) is 19.6. The van der Waals surface area contributed by atoms with Gasteiger partial charge in [-0.25, -0.2) is 0 Å². The number of rotatable bonds is 5. The predicted octanol–water partition coefficient (Wildman–Crippen LogP) is 3.16. The summed E-state index contributed by atoms with van der Waals surface area (Å²) in [5, 5.41) is 2.81. The number of hydrogen-bond acceptors (Lipinski definition) is 3. The van der Waals surface area contributed by atoms with Crippen LogP contribution in [0.5, 0.6) is 5.75 Å². The van der Waals surface area contributed by atoms with E-state index in [9.17, 15) is 9.59 Å². The second-order valence-corrected chi connectivity index (χ2v) is 5.55. The third kappa shape index (κ3) is 4.14. The van der Waals surface area contributed by atoms with Gasteiger partial charge in [0.25, 0.3) is 11.5 Å². The van der Waals surface area contributed by atoms with Gasteiger partial charge in [-0.3, -0.25) is 9.59 Å². The van der Waals surface area contributed by atoms with E-state index < -0.39 is 0 Å². The number of amides is 1. The Kier molecular flexibility index (Phi) is 4.95. The van der Waals surface area contributed by atoms with Gasteiger partial charge in [-0.05, 0) is 35.9 Å². The monoisotopic (exact) mass is 334 g/mol. The number of ether oxygens (including phenoxy) is 1. The summed E-state index contributed by atoms with van der Waals surface area (Å²) in [4.78, 5) is 24.5. The van der Waals surface area contributed by atoms with Gasteiger partial charge in [0.15, 0.2) is 0 Å². The Morgan fingerprint density at radius 3 is 2.40 bits per heavy atom. The topological polar surface area (TPSA) is 60.3 Å². The van der Waals surface area contributed by atoms with Crippen molar-refractivity contribution in [2.45, 2.75) is 6.54 Å². The van der Waals surface area contributed by atoms with Crippen molar-refractivity contribution in [2.24, 2.45) is 0 Å². The van der Waals surface area contributed by atoms with Crippen molar-refractivity contribution in [2.75, 3.05) is 12.4 Å². The Morgan fingerprint density at radius 1 is 1.00 bits per heavy atom. The molecule has 3 aromatic rings. The molecule has 0 aliphatic heterocycles. The highest BCUT2D eigenvalue weighted by molar-refractivity contribution is 6.04. The van der Waals surface area contributed by atoms with Crippen LogP contribution in [0.2, 0.25) is 0 Å². The summed E-state index contributed by atoms with van der Waals surface area (Å²) in [5.41, 5.74) is 1.93. The van der Waals surface area contributed by atoms with Gasteiger partial charge in [0.1, 0.15) is 5.75 Å². The molecule has 3 rings (SSSR count). The third-order valence-electron chi connectivity index (χ3n) is 3.79. The minimum Gasteiger partial charge on any atom is -0.497 e. The lowest BCUT2D eigenvalue weighted by atomic mass is 10.2. The van der Waals surface area contributed by atoms with E-state index in [-0.39, 0.29) is 11.5 Å². The van der Waals surface area contributed by atoms with Gasteiger partial charge in [0.05, 0.1) is 19.2 Å². The van der Waals surface area contributed by atoms with Crippen LogP contribution in [0, 0.1) is 0 Å². The van der Waals surface area contributed by atoms with Crippen molar-refractivity contribution in [3.8, 4) is 5.75 Å². The molecule has 0 saturated heterocycles. The van der Waals surface area contributed by atoms with E-state index in [1.165, 1.54) is 16.7 Å². The highest BCUT2D eigenvalue weighted by Crippen LogP contribution is 2.15. The summed E-state index contributed by atoms with van der Waals surface area (Å²) in [7, 11) is 1.59. The van der Waals surface area contributed by atoms with Crippen molar-refractivity contribution in [3.05, 3.63) is 94.4 Å². The first kappa shape index (κ1) is 16.5.